The molecule has 152 valence electrons. The van der Waals surface area contributed by atoms with Gasteiger partial charge < -0.3 is 5.32 Å². The van der Waals surface area contributed by atoms with Crippen LogP contribution in [0.5, 0.6) is 0 Å². The molecule has 6 heteroatoms. The molecule has 1 N–H and O–H groups in total. The fourth-order valence-corrected chi connectivity index (χ4v) is 4.46. The van der Waals surface area contributed by atoms with Gasteiger partial charge in [-0.2, -0.15) is 0 Å². The summed E-state index contributed by atoms with van der Waals surface area (Å²) in [5.41, 5.74) is 4.78. The maximum absolute atomic E-state index is 13.0. The average Bonchev–Trinajstić information content (AvgIpc) is 2.60. The smallest absolute Gasteiger partial charge is 0.244 e. The molecule has 0 unspecified atom stereocenters. The van der Waals surface area contributed by atoms with Gasteiger partial charge in [0.1, 0.15) is 6.04 Å². The van der Waals surface area contributed by atoms with Crippen LogP contribution in [0, 0.1) is 20.8 Å². The van der Waals surface area contributed by atoms with E-state index in [-0.39, 0.29) is 11.9 Å². The third kappa shape index (κ3) is 5.13. The first-order chi connectivity index (χ1) is 13.0. The predicted molar refractivity (Wildman–Crippen MR) is 115 cm³/mol. The van der Waals surface area contributed by atoms with Crippen molar-refractivity contribution in [2.45, 2.75) is 53.1 Å². The molecule has 0 spiro atoms. The highest BCUT2D eigenvalue weighted by molar-refractivity contribution is 7.92. The summed E-state index contributed by atoms with van der Waals surface area (Å²) < 4.78 is 26.3. The van der Waals surface area contributed by atoms with Gasteiger partial charge in [0.25, 0.3) is 0 Å². The van der Waals surface area contributed by atoms with Crippen LogP contribution in [-0.4, -0.2) is 26.6 Å². The number of hydrogen-bond acceptors (Lipinski definition) is 3. The monoisotopic (exact) mass is 402 g/mol. The highest BCUT2D eigenvalue weighted by Crippen LogP contribution is 2.24. The number of sulfonamides is 1. The molecule has 0 saturated heterocycles. The van der Waals surface area contributed by atoms with Crippen LogP contribution in [0.4, 0.5) is 5.69 Å². The normalized spacial score (nSPS) is 13.6. The van der Waals surface area contributed by atoms with Crippen molar-refractivity contribution in [2.24, 2.45) is 0 Å². The second kappa shape index (κ2) is 8.78. The molecule has 0 aromatic heterocycles. The van der Waals surface area contributed by atoms with Crippen molar-refractivity contribution < 1.29 is 13.2 Å². The van der Waals surface area contributed by atoms with Gasteiger partial charge in [-0.15, -0.1) is 0 Å². The van der Waals surface area contributed by atoms with Crippen LogP contribution < -0.4 is 9.62 Å². The molecule has 28 heavy (non-hydrogen) atoms. The van der Waals surface area contributed by atoms with Crippen LogP contribution in [0.15, 0.2) is 42.5 Å². The topological polar surface area (TPSA) is 66.5 Å². The Morgan fingerprint density at radius 3 is 2.29 bits per heavy atom. The second-order valence-electron chi connectivity index (χ2n) is 7.40. The number of benzene rings is 2. The highest BCUT2D eigenvalue weighted by atomic mass is 32.2. The molecule has 2 aromatic carbocycles. The molecular formula is C22H30N2O3S. The summed E-state index contributed by atoms with van der Waals surface area (Å²) in [6, 6.07) is 12.2. The van der Waals surface area contributed by atoms with Gasteiger partial charge in [0, 0.05) is 0 Å². The Labute approximate surface area is 168 Å². The van der Waals surface area contributed by atoms with Gasteiger partial charge in [0.15, 0.2) is 0 Å². The number of nitrogens with zero attached hydrogens (tertiary/aromatic N) is 1. The Morgan fingerprint density at radius 1 is 1.07 bits per heavy atom. The van der Waals surface area contributed by atoms with E-state index >= 15 is 0 Å². The van der Waals surface area contributed by atoms with E-state index in [9.17, 15) is 13.2 Å². The number of amides is 1. The lowest BCUT2D eigenvalue weighted by atomic mass is 10.0. The zero-order valence-corrected chi connectivity index (χ0v) is 18.3. The minimum absolute atomic E-state index is 0.222. The van der Waals surface area contributed by atoms with Gasteiger partial charge in [0.2, 0.25) is 15.9 Å². The van der Waals surface area contributed by atoms with Gasteiger partial charge in [-0.1, -0.05) is 37.3 Å². The molecule has 0 aliphatic heterocycles. The van der Waals surface area contributed by atoms with Crippen molar-refractivity contribution in [1.29, 1.82) is 0 Å². The van der Waals surface area contributed by atoms with Crippen molar-refractivity contribution in [1.82, 2.24) is 5.32 Å². The third-order valence-electron chi connectivity index (χ3n) is 4.98. The number of aryl methyl sites for hydroxylation is 3. The molecule has 5 nitrogen and oxygen atoms in total. The Kier molecular flexibility index (Phi) is 6.88. The summed E-state index contributed by atoms with van der Waals surface area (Å²) in [5.74, 6) is -0.305. The first kappa shape index (κ1) is 22.0. The number of nitrogens with one attached hydrogen (secondary N) is 1. The van der Waals surface area contributed by atoms with E-state index in [1.54, 1.807) is 18.2 Å². The first-order valence-electron chi connectivity index (χ1n) is 9.48. The molecule has 0 radical (unpaired) electrons. The van der Waals surface area contributed by atoms with Gasteiger partial charge in [0.05, 0.1) is 18.0 Å². The minimum atomic E-state index is -3.63. The van der Waals surface area contributed by atoms with Gasteiger partial charge in [-0.25, -0.2) is 8.42 Å². The summed E-state index contributed by atoms with van der Waals surface area (Å²) in [4.78, 5) is 13.0. The Bertz CT molecular complexity index is 954. The van der Waals surface area contributed by atoms with Gasteiger partial charge in [-0.3, -0.25) is 9.10 Å². The Hall–Kier alpha value is -2.34. The summed E-state index contributed by atoms with van der Waals surface area (Å²) in [5, 5.41) is 2.99. The maximum Gasteiger partial charge on any atom is 0.244 e. The fourth-order valence-electron chi connectivity index (χ4n) is 3.25. The Balaban J connectivity index is 2.32. The Morgan fingerprint density at radius 2 is 1.75 bits per heavy atom. The lowest BCUT2D eigenvalue weighted by Crippen LogP contribution is -2.49. The number of rotatable bonds is 7. The summed E-state index contributed by atoms with van der Waals surface area (Å²) in [7, 11) is -3.63. The van der Waals surface area contributed by atoms with Crippen LogP contribution in [0.25, 0.3) is 0 Å². The largest absolute Gasteiger partial charge is 0.348 e. The van der Waals surface area contributed by atoms with E-state index in [1.807, 2.05) is 52.8 Å². The number of carbonyl (C=O) groups excluding carboxylic acids is 1. The van der Waals surface area contributed by atoms with Gasteiger partial charge >= 0.3 is 0 Å². The average molecular weight is 403 g/mol. The van der Waals surface area contributed by atoms with Crippen LogP contribution in [-0.2, 0) is 14.8 Å². The van der Waals surface area contributed by atoms with Crippen molar-refractivity contribution >= 4 is 21.6 Å². The summed E-state index contributed by atoms with van der Waals surface area (Å²) in [6.07, 6.45) is 1.50. The molecule has 0 saturated carbocycles. The molecule has 0 bridgehead atoms. The van der Waals surface area contributed by atoms with E-state index < -0.39 is 16.1 Å². The lowest BCUT2D eigenvalue weighted by molar-refractivity contribution is -0.122. The molecular weight excluding hydrogens is 372 g/mol. The van der Waals surface area contributed by atoms with Crippen LogP contribution in [0.3, 0.4) is 0 Å². The molecule has 0 aliphatic carbocycles. The van der Waals surface area contributed by atoms with Crippen LogP contribution in [0.2, 0.25) is 0 Å². The van der Waals surface area contributed by atoms with E-state index in [1.165, 1.54) is 9.87 Å². The number of carbonyl (C=O) groups is 1. The number of hydrogen-bond donors (Lipinski definition) is 1. The summed E-state index contributed by atoms with van der Waals surface area (Å²) >= 11 is 0. The van der Waals surface area contributed by atoms with Crippen molar-refractivity contribution in [3.63, 3.8) is 0 Å². The third-order valence-corrected chi connectivity index (χ3v) is 6.16. The zero-order valence-electron chi connectivity index (χ0n) is 17.5. The molecule has 1 amide bonds. The van der Waals surface area contributed by atoms with Crippen LogP contribution >= 0.6 is 0 Å². The minimum Gasteiger partial charge on any atom is -0.348 e. The highest BCUT2D eigenvalue weighted by Gasteiger charge is 2.32. The molecule has 2 rings (SSSR count). The van der Waals surface area contributed by atoms with Crippen molar-refractivity contribution in [3.8, 4) is 0 Å². The second-order valence-corrected chi connectivity index (χ2v) is 9.26. The van der Waals surface area contributed by atoms with E-state index in [0.717, 1.165) is 22.9 Å². The summed E-state index contributed by atoms with van der Waals surface area (Å²) in [6.45, 7) is 9.70. The van der Waals surface area contributed by atoms with E-state index in [0.29, 0.717) is 12.1 Å². The van der Waals surface area contributed by atoms with E-state index in [4.69, 9.17) is 0 Å². The molecule has 0 aliphatic rings. The standard InChI is InChI=1S/C22H30N2O3S/c1-7-21(24(28(6,26)27)20-10-8-9-15(2)13-20)22(25)23-18(5)19-12-11-16(3)17(4)14-19/h8-14,18,21H,7H2,1-6H3,(H,23,25)/t18-,21-/m0/s1. The first-order valence-corrected chi connectivity index (χ1v) is 11.3. The molecule has 0 heterocycles. The SMILES string of the molecule is CC[C@@H](C(=O)N[C@@H](C)c1ccc(C)c(C)c1)N(c1cccc(C)c1)S(C)(=O)=O. The number of anilines is 1. The quantitative estimate of drug-likeness (QED) is 0.760. The van der Waals surface area contributed by atoms with E-state index in [2.05, 4.69) is 11.4 Å². The fraction of sp³-hybridized carbons (Fsp3) is 0.409. The van der Waals surface area contributed by atoms with Crippen molar-refractivity contribution in [3.05, 3.63) is 64.7 Å². The molecule has 0 fully saturated rings. The maximum atomic E-state index is 13.0. The molecule has 2 atom stereocenters. The zero-order chi connectivity index (χ0) is 21.1. The lowest BCUT2D eigenvalue weighted by Gasteiger charge is -2.31. The van der Waals surface area contributed by atoms with Crippen molar-refractivity contribution in [2.75, 3.05) is 10.6 Å². The van der Waals surface area contributed by atoms with Gasteiger partial charge in [-0.05, 0) is 68.5 Å². The van der Waals surface area contributed by atoms with Crippen LogP contribution in [0.1, 0.15) is 48.6 Å². The molecule has 2 aromatic rings. The predicted octanol–water partition coefficient (Wildman–Crippen LogP) is 4.03.